The van der Waals surface area contributed by atoms with E-state index in [-0.39, 0.29) is 17.9 Å². The Labute approximate surface area is 168 Å². The highest BCUT2D eigenvalue weighted by Crippen LogP contribution is 2.26. The molecule has 0 fully saturated rings. The number of benzene rings is 1. The maximum absolute atomic E-state index is 12.3. The van der Waals surface area contributed by atoms with Crippen molar-refractivity contribution in [3.8, 4) is 11.3 Å². The molecule has 28 heavy (non-hydrogen) atoms. The molecule has 2 aromatic heterocycles. The Morgan fingerprint density at radius 1 is 1.18 bits per heavy atom. The van der Waals surface area contributed by atoms with Crippen molar-refractivity contribution in [2.24, 2.45) is 0 Å². The van der Waals surface area contributed by atoms with Crippen molar-refractivity contribution in [2.75, 3.05) is 5.32 Å². The van der Waals surface area contributed by atoms with Crippen molar-refractivity contribution in [1.29, 1.82) is 0 Å². The van der Waals surface area contributed by atoms with Crippen LogP contribution in [0.5, 0.6) is 0 Å². The topological polar surface area (TPSA) is 87.7 Å². The third-order valence-electron chi connectivity index (χ3n) is 4.57. The van der Waals surface area contributed by atoms with Crippen molar-refractivity contribution in [3.63, 3.8) is 0 Å². The van der Waals surface area contributed by atoms with Crippen LogP contribution in [0.25, 0.3) is 11.3 Å². The first-order valence-electron chi connectivity index (χ1n) is 9.25. The first-order valence-corrected chi connectivity index (χ1v) is 10.1. The summed E-state index contributed by atoms with van der Waals surface area (Å²) < 4.78 is 0. The second kappa shape index (κ2) is 8.48. The lowest BCUT2D eigenvalue weighted by molar-refractivity contribution is -0.116. The van der Waals surface area contributed by atoms with E-state index in [0.717, 1.165) is 11.3 Å². The lowest BCUT2D eigenvalue weighted by Crippen LogP contribution is -2.20. The zero-order chi connectivity index (χ0) is 20.3. The highest BCUT2D eigenvalue weighted by atomic mass is 32.1. The second-order valence-electron chi connectivity index (χ2n) is 7.08. The van der Waals surface area contributed by atoms with Gasteiger partial charge in [0.2, 0.25) is 5.91 Å². The summed E-state index contributed by atoms with van der Waals surface area (Å²) in [5, 5.41) is 5.30. The first kappa shape index (κ1) is 19.9. The Bertz CT molecular complexity index is 1040. The van der Waals surface area contributed by atoms with Gasteiger partial charge in [-0.25, -0.2) is 9.97 Å². The van der Waals surface area contributed by atoms with Gasteiger partial charge in [-0.15, -0.1) is 11.3 Å². The number of thiazole rings is 1. The summed E-state index contributed by atoms with van der Waals surface area (Å²) >= 11 is 1.39. The molecule has 2 heterocycles. The minimum Gasteiger partial charge on any atom is -0.311 e. The average Bonchev–Trinajstić information content (AvgIpc) is 3.09. The predicted molar refractivity (Wildman–Crippen MR) is 113 cm³/mol. The van der Waals surface area contributed by atoms with Crippen molar-refractivity contribution in [2.45, 2.75) is 46.5 Å². The van der Waals surface area contributed by atoms with Gasteiger partial charge in [0, 0.05) is 28.6 Å². The number of hydrogen-bond acceptors (Lipinski definition) is 5. The molecule has 6 nitrogen and oxygen atoms in total. The fraction of sp³-hybridized carbons (Fsp3) is 0.333. The quantitative estimate of drug-likeness (QED) is 0.653. The van der Waals surface area contributed by atoms with Gasteiger partial charge in [-0.05, 0) is 31.7 Å². The van der Waals surface area contributed by atoms with Crippen LogP contribution in [-0.2, 0) is 11.2 Å². The minimum absolute atomic E-state index is 0.171. The molecule has 0 unspecified atom stereocenters. The van der Waals surface area contributed by atoms with Gasteiger partial charge >= 0.3 is 0 Å². The van der Waals surface area contributed by atoms with E-state index < -0.39 is 0 Å². The zero-order valence-electron chi connectivity index (χ0n) is 16.5. The van der Waals surface area contributed by atoms with Crippen molar-refractivity contribution < 1.29 is 4.79 Å². The first-order chi connectivity index (χ1) is 13.3. The molecule has 0 saturated carbocycles. The molecule has 0 radical (unpaired) electrons. The van der Waals surface area contributed by atoms with Crippen molar-refractivity contribution >= 4 is 22.4 Å². The largest absolute Gasteiger partial charge is 0.311 e. The number of nitrogens with zero attached hydrogens (tertiary/aromatic N) is 2. The van der Waals surface area contributed by atoms with Crippen LogP contribution < -0.4 is 10.9 Å². The van der Waals surface area contributed by atoms with E-state index >= 15 is 0 Å². The van der Waals surface area contributed by atoms with Gasteiger partial charge in [-0.3, -0.25) is 9.59 Å². The van der Waals surface area contributed by atoms with Crippen LogP contribution in [0.3, 0.4) is 0 Å². The maximum Gasteiger partial charge on any atom is 0.254 e. The fourth-order valence-electron chi connectivity index (χ4n) is 2.97. The summed E-state index contributed by atoms with van der Waals surface area (Å²) in [6.07, 6.45) is 0.543. The number of H-pyrrole nitrogens is 1. The molecule has 2 N–H and O–H groups in total. The second-order valence-corrected chi connectivity index (χ2v) is 7.94. The number of amides is 1. The van der Waals surface area contributed by atoms with E-state index in [2.05, 4.69) is 58.4 Å². The van der Waals surface area contributed by atoms with E-state index in [0.29, 0.717) is 34.6 Å². The zero-order valence-corrected chi connectivity index (χ0v) is 17.3. The molecule has 0 aliphatic rings. The molecule has 0 atom stereocenters. The van der Waals surface area contributed by atoms with Crippen molar-refractivity contribution in [3.05, 3.63) is 62.6 Å². The Hall–Kier alpha value is -2.80. The van der Waals surface area contributed by atoms with Crippen LogP contribution in [0, 0.1) is 13.8 Å². The minimum atomic E-state index is -0.181. The third kappa shape index (κ3) is 4.72. The molecule has 3 aromatic rings. The maximum atomic E-state index is 12.3. The molecule has 1 aromatic carbocycles. The van der Waals surface area contributed by atoms with E-state index in [1.165, 1.54) is 16.9 Å². The summed E-state index contributed by atoms with van der Waals surface area (Å²) in [7, 11) is 0. The highest BCUT2D eigenvalue weighted by molar-refractivity contribution is 7.14. The predicted octanol–water partition coefficient (Wildman–Crippen LogP) is 4.20. The Kier molecular flexibility index (Phi) is 6.04. The third-order valence-corrected chi connectivity index (χ3v) is 5.32. The van der Waals surface area contributed by atoms with Crippen LogP contribution in [0.2, 0.25) is 0 Å². The smallest absolute Gasteiger partial charge is 0.254 e. The summed E-state index contributed by atoms with van der Waals surface area (Å²) in [4.78, 5) is 35.7. The fourth-order valence-corrected chi connectivity index (χ4v) is 3.70. The van der Waals surface area contributed by atoms with Gasteiger partial charge in [0.15, 0.2) is 5.13 Å². The molecule has 0 spiro atoms. The number of aryl methyl sites for hydroxylation is 2. The summed E-state index contributed by atoms with van der Waals surface area (Å²) in [5.41, 5.74) is 4.17. The number of aromatic amines is 1. The van der Waals surface area contributed by atoms with Gasteiger partial charge in [0.1, 0.15) is 5.82 Å². The molecule has 146 valence electrons. The molecular formula is C21H24N4O2S. The van der Waals surface area contributed by atoms with Gasteiger partial charge in [-0.1, -0.05) is 38.1 Å². The van der Waals surface area contributed by atoms with Gasteiger partial charge in [0.25, 0.3) is 5.56 Å². The molecule has 3 rings (SSSR count). The van der Waals surface area contributed by atoms with Gasteiger partial charge < -0.3 is 10.3 Å². The number of nitrogens with one attached hydrogen (secondary N) is 2. The number of rotatable bonds is 6. The molecule has 7 heteroatoms. The SMILES string of the molecule is Cc1nc(C)c(CCC(=O)Nc2nc(-c3ccc(C(C)C)cc3)cs2)c(=O)[nH]1. The molecular weight excluding hydrogens is 372 g/mol. The number of aromatic nitrogens is 3. The summed E-state index contributed by atoms with van der Waals surface area (Å²) in [6, 6.07) is 8.31. The molecule has 0 aliphatic carbocycles. The summed E-state index contributed by atoms with van der Waals surface area (Å²) in [5.74, 6) is 0.891. The van der Waals surface area contributed by atoms with E-state index in [1.807, 2.05) is 5.38 Å². The number of carbonyl (C=O) groups excluding carboxylic acids is 1. The Balaban J connectivity index is 1.62. The van der Waals surface area contributed by atoms with E-state index in [1.54, 1.807) is 13.8 Å². The molecule has 0 bridgehead atoms. The molecule has 0 saturated heterocycles. The number of anilines is 1. The lowest BCUT2D eigenvalue weighted by Gasteiger charge is -2.06. The van der Waals surface area contributed by atoms with Crippen molar-refractivity contribution in [1.82, 2.24) is 15.0 Å². The average molecular weight is 397 g/mol. The van der Waals surface area contributed by atoms with Crippen LogP contribution in [0.15, 0.2) is 34.4 Å². The normalized spacial score (nSPS) is 11.0. The van der Waals surface area contributed by atoms with E-state index in [9.17, 15) is 9.59 Å². The Morgan fingerprint density at radius 2 is 1.89 bits per heavy atom. The van der Waals surface area contributed by atoms with Gasteiger partial charge in [-0.2, -0.15) is 0 Å². The van der Waals surface area contributed by atoms with Gasteiger partial charge in [0.05, 0.1) is 5.69 Å². The van der Waals surface area contributed by atoms with Crippen LogP contribution in [0.4, 0.5) is 5.13 Å². The van der Waals surface area contributed by atoms with E-state index in [4.69, 9.17) is 0 Å². The lowest BCUT2D eigenvalue weighted by atomic mass is 10.0. The molecule has 0 aliphatic heterocycles. The molecule has 1 amide bonds. The number of hydrogen-bond donors (Lipinski definition) is 2. The summed E-state index contributed by atoms with van der Waals surface area (Å²) in [6.45, 7) is 7.84. The number of carbonyl (C=O) groups is 1. The van der Waals surface area contributed by atoms with Crippen LogP contribution in [0.1, 0.15) is 48.8 Å². The van der Waals surface area contributed by atoms with Crippen LogP contribution >= 0.6 is 11.3 Å². The standard InChI is InChI=1S/C21H24N4O2S/c1-12(2)15-5-7-16(8-6-15)18-11-28-21(24-18)25-19(26)10-9-17-13(3)22-14(4)23-20(17)27/h5-8,11-12H,9-10H2,1-4H3,(H,22,23,27)(H,24,25,26). The highest BCUT2D eigenvalue weighted by Gasteiger charge is 2.12. The van der Waals surface area contributed by atoms with Crippen LogP contribution in [-0.4, -0.2) is 20.9 Å². The monoisotopic (exact) mass is 396 g/mol. The Morgan fingerprint density at radius 3 is 2.54 bits per heavy atom.